The van der Waals surface area contributed by atoms with Gasteiger partial charge in [0.2, 0.25) is 0 Å². The van der Waals surface area contributed by atoms with E-state index >= 15 is 0 Å². The summed E-state index contributed by atoms with van der Waals surface area (Å²) in [5.41, 5.74) is 1.27. The van der Waals surface area contributed by atoms with Crippen LogP contribution in [-0.2, 0) is 0 Å². The summed E-state index contributed by atoms with van der Waals surface area (Å²) in [6.07, 6.45) is 0. The van der Waals surface area contributed by atoms with Crippen LogP contribution in [0.4, 0.5) is 13.2 Å². The zero-order chi connectivity index (χ0) is 15.4. The Hall–Kier alpha value is -1.46. The molecule has 0 saturated carbocycles. The molecule has 0 spiro atoms. The third kappa shape index (κ3) is 3.80. The fraction of sp³-hybridized carbons (Fsp3) is 0.250. The zero-order valence-electron chi connectivity index (χ0n) is 11.8. The Labute approximate surface area is 126 Å². The second-order valence-electron chi connectivity index (χ2n) is 4.73. The summed E-state index contributed by atoms with van der Waals surface area (Å²) in [7, 11) is 1.67. The number of benzene rings is 2. The van der Waals surface area contributed by atoms with Gasteiger partial charge in [0.1, 0.15) is 0 Å². The van der Waals surface area contributed by atoms with E-state index in [1.807, 2.05) is 31.2 Å². The molecule has 0 saturated heterocycles. The molecule has 1 atom stereocenters. The maximum atomic E-state index is 13.8. The van der Waals surface area contributed by atoms with Gasteiger partial charge in [0, 0.05) is 22.3 Å². The number of halogens is 3. The van der Waals surface area contributed by atoms with Crippen LogP contribution < -0.4 is 5.32 Å². The second-order valence-corrected chi connectivity index (χ2v) is 5.83. The van der Waals surface area contributed by atoms with E-state index in [0.717, 1.165) is 16.5 Å². The first-order valence-corrected chi connectivity index (χ1v) is 7.51. The zero-order valence-corrected chi connectivity index (χ0v) is 12.6. The van der Waals surface area contributed by atoms with Crippen molar-refractivity contribution >= 4 is 11.8 Å². The predicted octanol–water partition coefficient (Wildman–Crippen LogP) is 4.47. The fourth-order valence-electron chi connectivity index (χ4n) is 2.02. The van der Waals surface area contributed by atoms with E-state index in [1.165, 1.54) is 17.8 Å². The summed E-state index contributed by atoms with van der Waals surface area (Å²) < 4.78 is 40.1. The molecule has 2 rings (SSSR count). The number of hydrogen-bond donors (Lipinski definition) is 1. The summed E-state index contributed by atoms with van der Waals surface area (Å²) in [5, 5.41) is 2.94. The Morgan fingerprint density at radius 3 is 2.52 bits per heavy atom. The first-order chi connectivity index (χ1) is 10.0. The van der Waals surface area contributed by atoms with Crippen LogP contribution in [-0.4, -0.2) is 12.8 Å². The van der Waals surface area contributed by atoms with Gasteiger partial charge in [0.25, 0.3) is 0 Å². The summed E-state index contributed by atoms with van der Waals surface area (Å²) in [4.78, 5) is 1.05. The van der Waals surface area contributed by atoms with Gasteiger partial charge in [-0.25, -0.2) is 13.2 Å². The number of hydrogen-bond acceptors (Lipinski definition) is 2. The van der Waals surface area contributed by atoms with E-state index in [2.05, 4.69) is 5.32 Å². The maximum Gasteiger partial charge on any atom is 0.194 e. The van der Waals surface area contributed by atoms with E-state index < -0.39 is 23.5 Å². The van der Waals surface area contributed by atoms with E-state index in [0.29, 0.717) is 5.75 Å². The van der Waals surface area contributed by atoms with Crippen LogP contribution in [0.25, 0.3) is 0 Å². The standard InChI is InChI=1S/C16H16F3NS/c1-10-4-3-5-11(8-10)21-9-14(20-2)12-6-7-13(17)16(19)15(12)18/h3-8,14,20H,9H2,1-2H3. The van der Waals surface area contributed by atoms with Crippen molar-refractivity contribution in [2.24, 2.45) is 0 Å². The lowest BCUT2D eigenvalue weighted by Crippen LogP contribution is -2.20. The van der Waals surface area contributed by atoms with Gasteiger partial charge in [-0.1, -0.05) is 23.8 Å². The van der Waals surface area contributed by atoms with Gasteiger partial charge >= 0.3 is 0 Å². The third-order valence-electron chi connectivity index (χ3n) is 3.20. The molecule has 5 heteroatoms. The molecule has 1 nitrogen and oxygen atoms in total. The molecule has 0 aliphatic heterocycles. The molecule has 2 aromatic rings. The topological polar surface area (TPSA) is 12.0 Å². The van der Waals surface area contributed by atoms with Crippen molar-refractivity contribution in [3.63, 3.8) is 0 Å². The smallest absolute Gasteiger partial charge is 0.194 e. The lowest BCUT2D eigenvalue weighted by atomic mass is 10.1. The van der Waals surface area contributed by atoms with Gasteiger partial charge in [-0.15, -0.1) is 11.8 Å². The van der Waals surface area contributed by atoms with Crippen LogP contribution in [0, 0.1) is 24.4 Å². The van der Waals surface area contributed by atoms with E-state index in [1.54, 1.807) is 7.05 Å². The predicted molar refractivity (Wildman–Crippen MR) is 80.0 cm³/mol. The highest BCUT2D eigenvalue weighted by Gasteiger charge is 2.19. The van der Waals surface area contributed by atoms with Gasteiger partial charge in [-0.05, 0) is 32.2 Å². The molecule has 0 fully saturated rings. The van der Waals surface area contributed by atoms with Crippen LogP contribution in [0.5, 0.6) is 0 Å². The van der Waals surface area contributed by atoms with Gasteiger partial charge in [0.15, 0.2) is 17.5 Å². The minimum atomic E-state index is -1.42. The molecule has 2 aromatic carbocycles. The van der Waals surface area contributed by atoms with Crippen molar-refractivity contribution in [1.82, 2.24) is 5.32 Å². The van der Waals surface area contributed by atoms with Crippen molar-refractivity contribution in [3.05, 3.63) is 65.0 Å². The van der Waals surface area contributed by atoms with E-state index in [9.17, 15) is 13.2 Å². The van der Waals surface area contributed by atoms with Gasteiger partial charge in [-0.2, -0.15) is 0 Å². The van der Waals surface area contributed by atoms with Crippen LogP contribution in [0.15, 0.2) is 41.3 Å². The Balaban J connectivity index is 2.15. The van der Waals surface area contributed by atoms with Gasteiger partial charge in [0.05, 0.1) is 0 Å². The largest absolute Gasteiger partial charge is 0.312 e. The van der Waals surface area contributed by atoms with E-state index in [4.69, 9.17) is 0 Å². The fourth-order valence-corrected chi connectivity index (χ4v) is 3.17. The maximum absolute atomic E-state index is 13.8. The average molecular weight is 311 g/mol. The van der Waals surface area contributed by atoms with Crippen molar-refractivity contribution in [3.8, 4) is 0 Å². The normalized spacial score (nSPS) is 12.4. The summed E-state index contributed by atoms with van der Waals surface area (Å²) in [5.74, 6) is -3.20. The highest BCUT2D eigenvalue weighted by atomic mass is 32.2. The second kappa shape index (κ2) is 7.00. The quantitative estimate of drug-likeness (QED) is 0.646. The Bertz CT molecular complexity index is 631. The molecule has 0 aliphatic rings. The molecule has 0 aromatic heterocycles. The number of rotatable bonds is 5. The van der Waals surface area contributed by atoms with E-state index in [-0.39, 0.29) is 5.56 Å². The van der Waals surface area contributed by atoms with Gasteiger partial charge in [-0.3, -0.25) is 0 Å². The number of thioether (sulfide) groups is 1. The molecule has 0 bridgehead atoms. The summed E-state index contributed by atoms with van der Waals surface area (Å²) in [6.45, 7) is 1.99. The molecule has 0 aliphatic carbocycles. The molecule has 1 N–H and O–H groups in total. The molecule has 1 unspecified atom stereocenters. The molecule has 0 radical (unpaired) electrons. The van der Waals surface area contributed by atoms with Crippen LogP contribution in [0.1, 0.15) is 17.2 Å². The average Bonchev–Trinajstić information content (AvgIpc) is 2.47. The Kier molecular flexibility index (Phi) is 5.31. The SMILES string of the molecule is CNC(CSc1cccc(C)c1)c1ccc(F)c(F)c1F. The lowest BCUT2D eigenvalue weighted by Gasteiger charge is -2.17. The van der Waals surface area contributed by atoms with Crippen molar-refractivity contribution < 1.29 is 13.2 Å². The van der Waals surface area contributed by atoms with Gasteiger partial charge < -0.3 is 5.32 Å². The Morgan fingerprint density at radius 2 is 1.86 bits per heavy atom. The lowest BCUT2D eigenvalue weighted by molar-refractivity contribution is 0.433. The molecule has 21 heavy (non-hydrogen) atoms. The highest BCUT2D eigenvalue weighted by Crippen LogP contribution is 2.28. The summed E-state index contributed by atoms with van der Waals surface area (Å²) >= 11 is 1.54. The minimum Gasteiger partial charge on any atom is -0.312 e. The highest BCUT2D eigenvalue weighted by molar-refractivity contribution is 7.99. The monoisotopic (exact) mass is 311 g/mol. The van der Waals surface area contributed by atoms with Crippen LogP contribution >= 0.6 is 11.8 Å². The molecular formula is C16H16F3NS. The molecular weight excluding hydrogens is 295 g/mol. The molecule has 112 valence electrons. The number of aryl methyl sites for hydroxylation is 1. The van der Waals surface area contributed by atoms with Crippen LogP contribution in [0.2, 0.25) is 0 Å². The third-order valence-corrected chi connectivity index (χ3v) is 4.28. The summed E-state index contributed by atoms with van der Waals surface area (Å²) in [6, 6.07) is 9.77. The first-order valence-electron chi connectivity index (χ1n) is 6.53. The molecule has 0 heterocycles. The first kappa shape index (κ1) is 15.9. The molecule has 0 amide bonds. The Morgan fingerprint density at radius 1 is 1.10 bits per heavy atom. The van der Waals surface area contributed by atoms with Crippen molar-refractivity contribution in [2.75, 3.05) is 12.8 Å². The van der Waals surface area contributed by atoms with Crippen molar-refractivity contribution in [1.29, 1.82) is 0 Å². The minimum absolute atomic E-state index is 0.136. The van der Waals surface area contributed by atoms with Crippen LogP contribution in [0.3, 0.4) is 0 Å². The number of nitrogens with one attached hydrogen (secondary N) is 1. The van der Waals surface area contributed by atoms with Crippen molar-refractivity contribution in [2.45, 2.75) is 17.9 Å².